The fourth-order valence-electron chi connectivity index (χ4n) is 2.77. The van der Waals surface area contributed by atoms with E-state index in [1.165, 1.54) is 16.9 Å². The van der Waals surface area contributed by atoms with Crippen LogP contribution in [0.25, 0.3) is 0 Å². The SMILES string of the molecule is CCN1CCN(CC(=O)Nc2nnc(Cc3ccccc3)s2)CC1. The lowest BCUT2D eigenvalue weighted by Crippen LogP contribution is -2.48. The third-order valence-corrected chi connectivity index (χ3v) is 5.03. The van der Waals surface area contributed by atoms with Crippen LogP contribution in [0.2, 0.25) is 0 Å². The number of likely N-dealkylation sites (N-methyl/N-ethyl adjacent to an activating group) is 1. The average molecular weight is 345 g/mol. The zero-order valence-electron chi connectivity index (χ0n) is 13.9. The van der Waals surface area contributed by atoms with E-state index in [2.05, 4.69) is 44.4 Å². The Morgan fingerprint density at radius 2 is 1.83 bits per heavy atom. The van der Waals surface area contributed by atoms with E-state index in [4.69, 9.17) is 0 Å². The molecule has 24 heavy (non-hydrogen) atoms. The number of hydrogen-bond donors (Lipinski definition) is 1. The van der Waals surface area contributed by atoms with Gasteiger partial charge >= 0.3 is 0 Å². The average Bonchev–Trinajstić information content (AvgIpc) is 3.03. The summed E-state index contributed by atoms with van der Waals surface area (Å²) in [5, 5.41) is 12.6. The summed E-state index contributed by atoms with van der Waals surface area (Å²) in [6.07, 6.45) is 0.743. The molecule has 0 bridgehead atoms. The summed E-state index contributed by atoms with van der Waals surface area (Å²) >= 11 is 1.44. The molecule has 0 aliphatic carbocycles. The first-order valence-electron chi connectivity index (χ1n) is 8.34. The van der Waals surface area contributed by atoms with Crippen LogP contribution in [0.1, 0.15) is 17.5 Å². The molecular weight excluding hydrogens is 322 g/mol. The summed E-state index contributed by atoms with van der Waals surface area (Å²) in [6, 6.07) is 10.1. The number of aromatic nitrogens is 2. The lowest BCUT2D eigenvalue weighted by Gasteiger charge is -2.33. The molecule has 1 aliphatic rings. The fraction of sp³-hybridized carbons (Fsp3) is 0.471. The van der Waals surface area contributed by atoms with Gasteiger partial charge in [-0.15, -0.1) is 10.2 Å². The molecule has 1 aromatic heterocycles. The third-order valence-electron chi connectivity index (χ3n) is 4.19. The van der Waals surface area contributed by atoms with Crippen molar-refractivity contribution >= 4 is 22.4 Å². The van der Waals surface area contributed by atoms with Crippen LogP contribution in [-0.4, -0.2) is 65.2 Å². The van der Waals surface area contributed by atoms with Gasteiger partial charge in [0.15, 0.2) is 0 Å². The fourth-order valence-corrected chi connectivity index (χ4v) is 3.56. The van der Waals surface area contributed by atoms with Gasteiger partial charge in [-0.1, -0.05) is 48.6 Å². The normalized spacial score (nSPS) is 16.2. The van der Waals surface area contributed by atoms with Crippen LogP contribution in [0.4, 0.5) is 5.13 Å². The Hall–Kier alpha value is -1.83. The first-order chi connectivity index (χ1) is 11.7. The topological polar surface area (TPSA) is 61.4 Å². The molecule has 1 N–H and O–H groups in total. The predicted molar refractivity (Wildman–Crippen MR) is 96.3 cm³/mol. The highest BCUT2D eigenvalue weighted by Crippen LogP contribution is 2.18. The van der Waals surface area contributed by atoms with Gasteiger partial charge in [-0.2, -0.15) is 0 Å². The molecule has 0 unspecified atom stereocenters. The van der Waals surface area contributed by atoms with Crippen LogP contribution in [0, 0.1) is 0 Å². The van der Waals surface area contributed by atoms with Crippen molar-refractivity contribution in [2.75, 3.05) is 44.6 Å². The van der Waals surface area contributed by atoms with E-state index in [-0.39, 0.29) is 5.91 Å². The standard InChI is InChI=1S/C17H23N5OS/c1-2-21-8-10-22(11-9-21)13-15(23)18-17-20-19-16(24-17)12-14-6-4-3-5-7-14/h3-7H,2,8-13H2,1H3,(H,18,20,23). The van der Waals surface area contributed by atoms with Crippen molar-refractivity contribution in [3.63, 3.8) is 0 Å². The Morgan fingerprint density at radius 3 is 2.54 bits per heavy atom. The van der Waals surface area contributed by atoms with Crippen molar-refractivity contribution in [3.05, 3.63) is 40.9 Å². The summed E-state index contributed by atoms with van der Waals surface area (Å²) in [5.74, 6) is -0.0117. The molecule has 0 radical (unpaired) electrons. The second-order valence-electron chi connectivity index (χ2n) is 5.92. The quantitative estimate of drug-likeness (QED) is 0.863. The molecular formula is C17H23N5OS. The maximum Gasteiger partial charge on any atom is 0.240 e. The molecule has 1 fully saturated rings. The largest absolute Gasteiger partial charge is 0.301 e. The van der Waals surface area contributed by atoms with E-state index in [0.717, 1.165) is 44.2 Å². The summed E-state index contributed by atoms with van der Waals surface area (Å²) in [4.78, 5) is 16.8. The van der Waals surface area contributed by atoms with Gasteiger partial charge in [0.1, 0.15) is 5.01 Å². The molecule has 0 spiro atoms. The molecule has 1 saturated heterocycles. The van der Waals surface area contributed by atoms with Gasteiger partial charge in [0, 0.05) is 32.6 Å². The second kappa shape index (κ2) is 8.32. The molecule has 1 aromatic carbocycles. The predicted octanol–water partition coefficient (Wildman–Crippen LogP) is 1.70. The van der Waals surface area contributed by atoms with Crippen LogP contribution in [-0.2, 0) is 11.2 Å². The highest BCUT2D eigenvalue weighted by atomic mass is 32.1. The van der Waals surface area contributed by atoms with E-state index in [9.17, 15) is 4.79 Å². The molecule has 6 nitrogen and oxygen atoms in total. The van der Waals surface area contributed by atoms with E-state index < -0.39 is 0 Å². The minimum Gasteiger partial charge on any atom is -0.301 e. The van der Waals surface area contributed by atoms with Crippen molar-refractivity contribution < 1.29 is 4.79 Å². The third kappa shape index (κ3) is 4.83. The van der Waals surface area contributed by atoms with Crippen LogP contribution >= 0.6 is 11.3 Å². The summed E-state index contributed by atoms with van der Waals surface area (Å²) in [5.41, 5.74) is 1.19. The van der Waals surface area contributed by atoms with Crippen molar-refractivity contribution in [3.8, 4) is 0 Å². The molecule has 0 saturated carbocycles. The number of carbonyl (C=O) groups excluding carboxylic acids is 1. The Bertz CT molecular complexity index is 652. The zero-order chi connectivity index (χ0) is 16.8. The number of rotatable bonds is 6. The number of hydrogen-bond acceptors (Lipinski definition) is 6. The minimum atomic E-state index is -0.0117. The van der Waals surface area contributed by atoms with Crippen molar-refractivity contribution in [1.29, 1.82) is 0 Å². The van der Waals surface area contributed by atoms with Gasteiger partial charge in [-0.25, -0.2) is 0 Å². The Labute approximate surface area is 146 Å². The molecule has 128 valence electrons. The van der Waals surface area contributed by atoms with E-state index in [0.29, 0.717) is 11.7 Å². The Balaban J connectivity index is 1.47. The van der Waals surface area contributed by atoms with Gasteiger partial charge in [-0.05, 0) is 12.1 Å². The number of piperazine rings is 1. The van der Waals surface area contributed by atoms with Gasteiger partial charge in [0.05, 0.1) is 6.54 Å². The lowest BCUT2D eigenvalue weighted by atomic mass is 10.2. The molecule has 3 rings (SSSR count). The number of benzene rings is 1. The first kappa shape index (κ1) is 17.0. The number of amides is 1. The molecule has 2 aromatic rings. The number of nitrogens with zero attached hydrogens (tertiary/aromatic N) is 4. The second-order valence-corrected chi connectivity index (χ2v) is 6.98. The maximum absolute atomic E-state index is 12.2. The highest BCUT2D eigenvalue weighted by molar-refractivity contribution is 7.15. The number of carbonyl (C=O) groups is 1. The van der Waals surface area contributed by atoms with E-state index in [1.807, 2.05) is 18.2 Å². The Kier molecular flexibility index (Phi) is 5.90. The smallest absolute Gasteiger partial charge is 0.240 e. The van der Waals surface area contributed by atoms with E-state index in [1.54, 1.807) is 0 Å². The highest BCUT2D eigenvalue weighted by Gasteiger charge is 2.18. The zero-order valence-corrected chi connectivity index (χ0v) is 14.8. The molecule has 1 aliphatic heterocycles. The van der Waals surface area contributed by atoms with Crippen LogP contribution in [0.15, 0.2) is 30.3 Å². The lowest BCUT2D eigenvalue weighted by molar-refractivity contribution is -0.117. The van der Waals surface area contributed by atoms with Crippen molar-refractivity contribution in [1.82, 2.24) is 20.0 Å². The summed E-state index contributed by atoms with van der Waals surface area (Å²) < 4.78 is 0. The van der Waals surface area contributed by atoms with Gasteiger partial charge in [-0.3, -0.25) is 15.0 Å². The summed E-state index contributed by atoms with van der Waals surface area (Å²) in [7, 11) is 0. The first-order valence-corrected chi connectivity index (χ1v) is 9.15. The van der Waals surface area contributed by atoms with Crippen LogP contribution in [0.3, 0.4) is 0 Å². The number of nitrogens with one attached hydrogen (secondary N) is 1. The maximum atomic E-state index is 12.2. The molecule has 2 heterocycles. The van der Waals surface area contributed by atoms with Crippen LogP contribution < -0.4 is 5.32 Å². The monoisotopic (exact) mass is 345 g/mol. The van der Waals surface area contributed by atoms with Crippen LogP contribution in [0.5, 0.6) is 0 Å². The number of anilines is 1. The Morgan fingerprint density at radius 1 is 1.12 bits per heavy atom. The minimum absolute atomic E-state index is 0.0117. The molecule has 7 heteroatoms. The van der Waals surface area contributed by atoms with Gasteiger partial charge < -0.3 is 4.90 Å². The van der Waals surface area contributed by atoms with Gasteiger partial charge in [0.25, 0.3) is 0 Å². The van der Waals surface area contributed by atoms with Crippen molar-refractivity contribution in [2.24, 2.45) is 0 Å². The summed E-state index contributed by atoms with van der Waals surface area (Å²) in [6.45, 7) is 7.62. The van der Waals surface area contributed by atoms with Crippen molar-refractivity contribution in [2.45, 2.75) is 13.3 Å². The van der Waals surface area contributed by atoms with Gasteiger partial charge in [0.2, 0.25) is 11.0 Å². The molecule has 0 atom stereocenters. The van der Waals surface area contributed by atoms with E-state index >= 15 is 0 Å². The molecule has 1 amide bonds.